The van der Waals surface area contributed by atoms with Crippen molar-refractivity contribution in [3.63, 3.8) is 0 Å². The van der Waals surface area contributed by atoms with E-state index in [1.165, 1.54) is 12.1 Å². The number of amides is 1. The van der Waals surface area contributed by atoms with Gasteiger partial charge >= 0.3 is 0 Å². The van der Waals surface area contributed by atoms with Crippen molar-refractivity contribution >= 4 is 16.9 Å². The zero-order chi connectivity index (χ0) is 17.1. The highest BCUT2D eigenvalue weighted by atomic mass is 19.1. The lowest BCUT2D eigenvalue weighted by molar-refractivity contribution is -0.134. The fourth-order valence-corrected chi connectivity index (χ4v) is 3.42. The number of hydrogen-bond acceptors (Lipinski definition) is 3. The summed E-state index contributed by atoms with van der Waals surface area (Å²) in [6.45, 7) is 3.32. The number of hydrogen-bond donors (Lipinski definition) is 1. The van der Waals surface area contributed by atoms with Gasteiger partial charge in [-0.3, -0.25) is 4.79 Å². The van der Waals surface area contributed by atoms with Gasteiger partial charge in [-0.15, -0.1) is 0 Å². The Kier molecular flexibility index (Phi) is 5.14. The van der Waals surface area contributed by atoms with Crippen molar-refractivity contribution in [1.82, 2.24) is 14.9 Å². The number of carbonyl (C=O) groups is 1. The van der Waals surface area contributed by atoms with Gasteiger partial charge in [-0.2, -0.15) is 0 Å². The molecule has 1 N–H and O–H groups in total. The minimum atomic E-state index is -0.289. The van der Waals surface area contributed by atoms with E-state index in [-0.39, 0.29) is 23.7 Å². The van der Waals surface area contributed by atoms with Crippen LogP contribution in [-0.4, -0.2) is 34.7 Å². The smallest absolute Gasteiger partial charge is 0.225 e. The van der Waals surface area contributed by atoms with Crippen molar-refractivity contribution in [2.75, 3.05) is 13.2 Å². The molecule has 1 fully saturated rings. The number of aryl methyl sites for hydroxylation is 1. The Morgan fingerprint density at radius 2 is 2.33 bits per heavy atom. The number of imidazole rings is 1. The minimum Gasteiger partial charge on any atom is -0.377 e. The second-order valence-corrected chi connectivity index (χ2v) is 6.33. The van der Waals surface area contributed by atoms with E-state index in [0.29, 0.717) is 18.5 Å². The van der Waals surface area contributed by atoms with Gasteiger partial charge < -0.3 is 14.6 Å². The molecule has 0 radical (unpaired) electrons. The first-order valence-corrected chi connectivity index (χ1v) is 8.60. The first-order chi connectivity index (χ1) is 11.6. The maximum absolute atomic E-state index is 13.3. The van der Waals surface area contributed by atoms with Gasteiger partial charge in [0.15, 0.2) is 0 Å². The lowest BCUT2D eigenvalue weighted by Gasteiger charge is -2.30. The van der Waals surface area contributed by atoms with Crippen LogP contribution in [0.25, 0.3) is 11.0 Å². The molecule has 2 heterocycles. The molecule has 3 rings (SSSR count). The van der Waals surface area contributed by atoms with E-state index in [0.717, 1.165) is 37.2 Å². The molecule has 1 aromatic heterocycles. The lowest BCUT2D eigenvalue weighted by atomic mass is 9.92. The molecule has 1 amide bonds. The number of aromatic nitrogens is 2. The molecule has 0 aliphatic carbocycles. The minimum absolute atomic E-state index is 0.0254. The van der Waals surface area contributed by atoms with E-state index in [2.05, 4.69) is 17.2 Å². The Hall–Kier alpha value is -1.95. The van der Waals surface area contributed by atoms with Gasteiger partial charge in [-0.25, -0.2) is 9.37 Å². The number of halogens is 1. The number of carbonyl (C=O) groups excluding carboxylic acids is 1. The zero-order valence-electron chi connectivity index (χ0n) is 14.2. The third kappa shape index (κ3) is 3.43. The summed E-state index contributed by atoms with van der Waals surface area (Å²) in [5.74, 6) is 0.552. The Morgan fingerprint density at radius 1 is 1.50 bits per heavy atom. The van der Waals surface area contributed by atoms with Crippen molar-refractivity contribution in [3.8, 4) is 0 Å². The van der Waals surface area contributed by atoms with Crippen LogP contribution >= 0.6 is 0 Å². The quantitative estimate of drug-likeness (QED) is 0.915. The summed E-state index contributed by atoms with van der Waals surface area (Å²) in [5.41, 5.74) is 1.54. The number of fused-ring (bicyclic) bond motifs is 1. The van der Waals surface area contributed by atoms with Crippen LogP contribution in [0.3, 0.4) is 0 Å². The van der Waals surface area contributed by atoms with Gasteiger partial charge in [0, 0.05) is 32.7 Å². The molecule has 24 heavy (non-hydrogen) atoms. The van der Waals surface area contributed by atoms with Crippen LogP contribution in [0.5, 0.6) is 0 Å². The predicted molar refractivity (Wildman–Crippen MR) is 90.1 cm³/mol. The summed E-state index contributed by atoms with van der Waals surface area (Å²) in [6, 6.07) is 4.59. The first-order valence-electron chi connectivity index (χ1n) is 8.60. The fourth-order valence-electron chi connectivity index (χ4n) is 3.42. The molecule has 0 spiro atoms. The summed E-state index contributed by atoms with van der Waals surface area (Å²) >= 11 is 0. The molecule has 0 unspecified atom stereocenters. The van der Waals surface area contributed by atoms with Gasteiger partial charge in [0.2, 0.25) is 5.91 Å². The predicted octanol–water partition coefficient (Wildman–Crippen LogP) is 2.58. The van der Waals surface area contributed by atoms with Crippen LogP contribution in [-0.2, 0) is 23.0 Å². The Labute approximate surface area is 141 Å². The molecule has 0 saturated carbocycles. The van der Waals surface area contributed by atoms with Crippen LogP contribution in [0.4, 0.5) is 4.39 Å². The maximum atomic E-state index is 13.3. The Morgan fingerprint density at radius 3 is 3.12 bits per heavy atom. The largest absolute Gasteiger partial charge is 0.377 e. The third-order valence-electron chi connectivity index (χ3n) is 4.76. The first kappa shape index (κ1) is 16.9. The van der Waals surface area contributed by atoms with Crippen molar-refractivity contribution in [1.29, 1.82) is 0 Å². The Balaban J connectivity index is 1.60. The summed E-state index contributed by atoms with van der Waals surface area (Å²) < 4.78 is 20.9. The number of nitrogens with zero attached hydrogens (tertiary/aromatic N) is 2. The van der Waals surface area contributed by atoms with Crippen LogP contribution < -0.4 is 5.32 Å². The highest BCUT2D eigenvalue weighted by molar-refractivity contribution is 5.79. The molecule has 1 aliphatic rings. The molecule has 2 aromatic rings. The average molecular weight is 333 g/mol. The van der Waals surface area contributed by atoms with Crippen LogP contribution in [0.2, 0.25) is 0 Å². The standard InChI is InChI=1S/C18H24FN3O2/c1-3-16-13(5-4-10-24-16)18(23)20-9-8-17-21-14-11-12(19)6-7-15(14)22(17)2/h6-7,11,13,16H,3-5,8-10H2,1-2H3,(H,20,23)/t13-,16+/m1/s1. The van der Waals surface area contributed by atoms with E-state index in [1.54, 1.807) is 6.07 Å². The highest BCUT2D eigenvalue weighted by Crippen LogP contribution is 2.23. The molecule has 5 nitrogen and oxygen atoms in total. The monoisotopic (exact) mass is 333 g/mol. The van der Waals surface area contributed by atoms with Crippen molar-refractivity contribution in [2.45, 2.75) is 38.7 Å². The topological polar surface area (TPSA) is 56.1 Å². The van der Waals surface area contributed by atoms with E-state index in [9.17, 15) is 9.18 Å². The van der Waals surface area contributed by atoms with Gasteiger partial charge in [0.25, 0.3) is 0 Å². The second kappa shape index (κ2) is 7.30. The molecule has 1 saturated heterocycles. The van der Waals surface area contributed by atoms with E-state index >= 15 is 0 Å². The zero-order valence-corrected chi connectivity index (χ0v) is 14.2. The number of benzene rings is 1. The maximum Gasteiger partial charge on any atom is 0.225 e. The summed E-state index contributed by atoms with van der Waals surface area (Å²) in [6.07, 6.45) is 3.32. The third-order valence-corrected chi connectivity index (χ3v) is 4.76. The van der Waals surface area contributed by atoms with Crippen LogP contribution in [0.15, 0.2) is 18.2 Å². The molecular formula is C18H24FN3O2. The van der Waals surface area contributed by atoms with E-state index < -0.39 is 0 Å². The molecule has 0 bridgehead atoms. The number of ether oxygens (including phenoxy) is 1. The SMILES string of the molecule is CC[C@@H]1OCCC[C@H]1C(=O)NCCc1nc2cc(F)ccc2n1C. The van der Waals surface area contributed by atoms with Crippen molar-refractivity contribution < 1.29 is 13.9 Å². The van der Waals surface area contributed by atoms with Gasteiger partial charge in [0.1, 0.15) is 11.6 Å². The van der Waals surface area contributed by atoms with Gasteiger partial charge in [-0.1, -0.05) is 6.92 Å². The van der Waals surface area contributed by atoms with Crippen molar-refractivity contribution in [2.24, 2.45) is 13.0 Å². The van der Waals surface area contributed by atoms with E-state index in [4.69, 9.17) is 4.74 Å². The lowest BCUT2D eigenvalue weighted by Crippen LogP contribution is -2.42. The fraction of sp³-hybridized carbons (Fsp3) is 0.556. The summed E-state index contributed by atoms with van der Waals surface area (Å²) in [5, 5.41) is 3.00. The summed E-state index contributed by atoms with van der Waals surface area (Å²) in [4.78, 5) is 16.9. The van der Waals surface area contributed by atoms with E-state index in [1.807, 2.05) is 11.6 Å². The van der Waals surface area contributed by atoms with Crippen molar-refractivity contribution in [3.05, 3.63) is 29.8 Å². The molecule has 2 atom stereocenters. The Bertz CT molecular complexity index is 728. The molecule has 1 aromatic carbocycles. The summed E-state index contributed by atoms with van der Waals surface area (Å²) in [7, 11) is 1.91. The molecule has 1 aliphatic heterocycles. The highest BCUT2D eigenvalue weighted by Gasteiger charge is 2.30. The van der Waals surface area contributed by atoms with Crippen LogP contribution in [0.1, 0.15) is 32.0 Å². The van der Waals surface area contributed by atoms with Gasteiger partial charge in [0.05, 0.1) is 23.1 Å². The molecular weight excluding hydrogens is 309 g/mol. The number of nitrogens with one attached hydrogen (secondary N) is 1. The normalized spacial score (nSPS) is 21.1. The average Bonchev–Trinajstić information content (AvgIpc) is 2.90. The molecule has 6 heteroatoms. The number of rotatable bonds is 5. The second-order valence-electron chi connectivity index (χ2n) is 6.33. The molecule has 130 valence electrons. The van der Waals surface area contributed by atoms with Gasteiger partial charge in [-0.05, 0) is 31.4 Å². The van der Waals surface area contributed by atoms with Crippen LogP contribution in [0, 0.1) is 11.7 Å².